The van der Waals surface area contributed by atoms with Crippen LogP contribution in [-0.2, 0) is 4.79 Å². The summed E-state index contributed by atoms with van der Waals surface area (Å²) in [4.78, 5) is 27.6. The van der Waals surface area contributed by atoms with E-state index >= 15 is 0 Å². The normalized spacial score (nSPS) is 11.1. The van der Waals surface area contributed by atoms with Crippen molar-refractivity contribution in [3.63, 3.8) is 0 Å². The molecule has 0 aliphatic heterocycles. The minimum Gasteiger partial charge on any atom is -0.325 e. The van der Waals surface area contributed by atoms with Gasteiger partial charge < -0.3 is 10.3 Å². The number of H-pyrrole nitrogens is 1. The number of aromatic nitrogens is 1. The monoisotopic (exact) mass is 370 g/mol. The Morgan fingerprint density at radius 1 is 1.15 bits per heavy atom. The van der Waals surface area contributed by atoms with E-state index in [2.05, 4.69) is 10.3 Å². The van der Waals surface area contributed by atoms with Gasteiger partial charge >= 0.3 is 0 Å². The van der Waals surface area contributed by atoms with E-state index in [9.17, 15) is 14.0 Å². The van der Waals surface area contributed by atoms with Gasteiger partial charge in [0, 0.05) is 22.0 Å². The van der Waals surface area contributed by atoms with Crippen LogP contribution in [0.15, 0.2) is 58.2 Å². The average Bonchev–Trinajstić information content (AvgIpc) is 2.60. The molecule has 0 fully saturated rings. The summed E-state index contributed by atoms with van der Waals surface area (Å²) in [6.07, 6.45) is 0. The highest BCUT2D eigenvalue weighted by Gasteiger charge is 2.09. The number of anilines is 1. The highest BCUT2D eigenvalue weighted by atomic mass is 32.2. The maximum absolute atomic E-state index is 12.9. The zero-order valence-electron chi connectivity index (χ0n) is 14.5. The Balaban J connectivity index is 1.73. The van der Waals surface area contributed by atoms with Crippen LogP contribution < -0.4 is 10.9 Å². The molecule has 3 aromatic rings. The first-order chi connectivity index (χ1) is 12.4. The summed E-state index contributed by atoms with van der Waals surface area (Å²) in [7, 11) is 0. The molecule has 2 N–H and O–H groups in total. The molecule has 0 atom stereocenters. The van der Waals surface area contributed by atoms with E-state index in [1.807, 2.05) is 26.0 Å². The number of hydrogen-bond acceptors (Lipinski definition) is 3. The molecular formula is C20H19FN2O2S. The lowest BCUT2D eigenvalue weighted by atomic mass is 9.99. The second-order valence-electron chi connectivity index (χ2n) is 6.29. The Morgan fingerprint density at radius 3 is 2.58 bits per heavy atom. The number of fused-ring (bicyclic) bond motifs is 1. The van der Waals surface area contributed by atoms with E-state index in [1.165, 1.54) is 23.9 Å². The number of halogens is 1. The number of thioether (sulfide) groups is 1. The molecule has 1 aromatic heterocycles. The van der Waals surface area contributed by atoms with Gasteiger partial charge in [-0.05, 0) is 47.9 Å². The third kappa shape index (κ3) is 4.32. The molecule has 0 spiro atoms. The Labute approximate surface area is 154 Å². The third-order valence-corrected chi connectivity index (χ3v) is 4.98. The zero-order valence-corrected chi connectivity index (χ0v) is 15.3. The molecule has 0 saturated carbocycles. The highest BCUT2D eigenvalue weighted by Crippen LogP contribution is 2.25. The van der Waals surface area contributed by atoms with Crippen molar-refractivity contribution < 1.29 is 9.18 Å². The van der Waals surface area contributed by atoms with Gasteiger partial charge in [-0.15, -0.1) is 11.8 Å². The van der Waals surface area contributed by atoms with Crippen LogP contribution in [0.4, 0.5) is 10.1 Å². The molecule has 1 amide bonds. The van der Waals surface area contributed by atoms with Gasteiger partial charge in [0.1, 0.15) is 5.82 Å². The van der Waals surface area contributed by atoms with E-state index < -0.39 is 0 Å². The summed E-state index contributed by atoms with van der Waals surface area (Å²) in [5, 5.41) is 3.80. The minimum atomic E-state index is -0.301. The molecule has 0 aliphatic rings. The summed E-state index contributed by atoms with van der Waals surface area (Å²) >= 11 is 1.33. The molecule has 0 aliphatic carbocycles. The summed E-state index contributed by atoms with van der Waals surface area (Å²) in [6, 6.07) is 13.1. The maximum Gasteiger partial charge on any atom is 0.248 e. The number of nitrogens with one attached hydrogen (secondary N) is 2. The molecule has 3 rings (SSSR count). The topological polar surface area (TPSA) is 62.0 Å². The molecule has 0 saturated heterocycles. The summed E-state index contributed by atoms with van der Waals surface area (Å²) in [6.45, 7) is 4.08. The molecule has 2 aromatic carbocycles. The first-order valence-electron chi connectivity index (χ1n) is 8.27. The Bertz CT molecular complexity index is 997. The number of rotatable bonds is 5. The number of amides is 1. The lowest BCUT2D eigenvalue weighted by Crippen LogP contribution is -2.14. The number of pyridine rings is 1. The number of aromatic amines is 1. The van der Waals surface area contributed by atoms with Gasteiger partial charge in [-0.3, -0.25) is 9.59 Å². The van der Waals surface area contributed by atoms with Gasteiger partial charge in [-0.1, -0.05) is 19.9 Å². The van der Waals surface area contributed by atoms with Crippen molar-refractivity contribution in [2.75, 3.05) is 11.1 Å². The van der Waals surface area contributed by atoms with Crippen LogP contribution in [0.1, 0.15) is 25.3 Å². The first kappa shape index (κ1) is 18.2. The van der Waals surface area contributed by atoms with E-state index in [-0.39, 0.29) is 29.0 Å². The molecule has 0 unspecified atom stereocenters. The van der Waals surface area contributed by atoms with Crippen molar-refractivity contribution in [3.8, 4) is 0 Å². The summed E-state index contributed by atoms with van der Waals surface area (Å²) in [5.41, 5.74) is 2.15. The van der Waals surface area contributed by atoms with Gasteiger partial charge in [0.15, 0.2) is 0 Å². The standard InChI is InChI=1S/C20H19FN2O2S/c1-12(2)17-10-19(24)23-18-9-14(5-8-16(17)18)22-20(25)11-26-15-6-3-13(21)4-7-15/h3-10,12H,11H2,1-2H3,(H,22,25)(H,23,24). The number of hydrogen-bond donors (Lipinski definition) is 2. The molecule has 1 heterocycles. The Hall–Kier alpha value is -2.60. The molecule has 6 heteroatoms. The molecule has 0 bridgehead atoms. The van der Waals surface area contributed by atoms with Gasteiger partial charge in [-0.2, -0.15) is 0 Å². The predicted molar refractivity (Wildman–Crippen MR) is 104 cm³/mol. The average molecular weight is 370 g/mol. The van der Waals surface area contributed by atoms with E-state index in [1.54, 1.807) is 24.3 Å². The van der Waals surface area contributed by atoms with Crippen molar-refractivity contribution in [2.24, 2.45) is 0 Å². The number of carbonyl (C=O) groups is 1. The second-order valence-corrected chi connectivity index (χ2v) is 7.34. The summed E-state index contributed by atoms with van der Waals surface area (Å²) in [5.74, 6) is -0.0234. The van der Waals surface area contributed by atoms with E-state index in [0.717, 1.165) is 15.8 Å². The van der Waals surface area contributed by atoms with Crippen LogP contribution in [-0.4, -0.2) is 16.6 Å². The largest absolute Gasteiger partial charge is 0.325 e. The van der Waals surface area contributed by atoms with E-state index in [0.29, 0.717) is 11.2 Å². The van der Waals surface area contributed by atoms with Crippen molar-refractivity contribution in [1.29, 1.82) is 0 Å². The van der Waals surface area contributed by atoms with Crippen molar-refractivity contribution in [1.82, 2.24) is 4.98 Å². The summed E-state index contributed by atoms with van der Waals surface area (Å²) < 4.78 is 12.9. The highest BCUT2D eigenvalue weighted by molar-refractivity contribution is 8.00. The Morgan fingerprint density at radius 2 is 1.88 bits per heavy atom. The lowest BCUT2D eigenvalue weighted by molar-refractivity contribution is -0.113. The maximum atomic E-state index is 12.9. The Kier molecular flexibility index (Phi) is 5.42. The van der Waals surface area contributed by atoms with Crippen molar-refractivity contribution in [2.45, 2.75) is 24.7 Å². The van der Waals surface area contributed by atoms with Crippen LogP contribution in [0, 0.1) is 5.82 Å². The molecule has 0 radical (unpaired) electrons. The fourth-order valence-electron chi connectivity index (χ4n) is 2.72. The predicted octanol–water partition coefficient (Wildman–Crippen LogP) is 4.52. The first-order valence-corrected chi connectivity index (χ1v) is 9.26. The van der Waals surface area contributed by atoms with Crippen molar-refractivity contribution in [3.05, 3.63) is 70.3 Å². The van der Waals surface area contributed by atoms with Crippen LogP contribution >= 0.6 is 11.8 Å². The molecule has 134 valence electrons. The zero-order chi connectivity index (χ0) is 18.7. The quantitative estimate of drug-likeness (QED) is 0.649. The van der Waals surface area contributed by atoms with Gasteiger partial charge in [-0.25, -0.2) is 4.39 Å². The molecule has 26 heavy (non-hydrogen) atoms. The fourth-order valence-corrected chi connectivity index (χ4v) is 3.42. The van der Waals surface area contributed by atoms with Crippen LogP contribution in [0.5, 0.6) is 0 Å². The van der Waals surface area contributed by atoms with Crippen molar-refractivity contribution >= 4 is 34.3 Å². The van der Waals surface area contributed by atoms with Gasteiger partial charge in [0.2, 0.25) is 11.5 Å². The van der Waals surface area contributed by atoms with Crippen LogP contribution in [0.3, 0.4) is 0 Å². The van der Waals surface area contributed by atoms with Crippen LogP contribution in [0.2, 0.25) is 0 Å². The van der Waals surface area contributed by atoms with Gasteiger partial charge in [0.25, 0.3) is 0 Å². The minimum absolute atomic E-state index is 0.156. The van der Waals surface area contributed by atoms with E-state index in [4.69, 9.17) is 0 Å². The second kappa shape index (κ2) is 7.74. The fraction of sp³-hybridized carbons (Fsp3) is 0.200. The smallest absolute Gasteiger partial charge is 0.248 e. The van der Waals surface area contributed by atoms with Crippen LogP contribution in [0.25, 0.3) is 10.9 Å². The number of carbonyl (C=O) groups excluding carboxylic acids is 1. The third-order valence-electron chi connectivity index (χ3n) is 3.96. The number of benzene rings is 2. The lowest BCUT2D eigenvalue weighted by Gasteiger charge is -2.11. The molecular weight excluding hydrogens is 351 g/mol. The SMILES string of the molecule is CC(C)c1cc(=O)[nH]c2cc(NC(=O)CSc3ccc(F)cc3)ccc12. The van der Waals surface area contributed by atoms with Gasteiger partial charge in [0.05, 0.1) is 11.3 Å². The molecule has 4 nitrogen and oxygen atoms in total.